The van der Waals surface area contributed by atoms with Crippen LogP contribution in [-0.2, 0) is 10.8 Å². The van der Waals surface area contributed by atoms with Crippen molar-refractivity contribution in [3.8, 4) is 0 Å². The van der Waals surface area contributed by atoms with Gasteiger partial charge in [0.2, 0.25) is 0 Å². The van der Waals surface area contributed by atoms with E-state index in [1.165, 1.54) is 0 Å². The molecule has 0 amide bonds. The summed E-state index contributed by atoms with van der Waals surface area (Å²) in [5.41, 5.74) is 2.25. The van der Waals surface area contributed by atoms with E-state index in [-0.39, 0.29) is 0 Å². The molecule has 15 heavy (non-hydrogen) atoms. The van der Waals surface area contributed by atoms with Gasteiger partial charge < -0.3 is 0 Å². The van der Waals surface area contributed by atoms with Crippen LogP contribution in [0.4, 0.5) is 0 Å². The molecule has 1 aromatic carbocycles. The Balaban J connectivity index is 2.92. The summed E-state index contributed by atoms with van der Waals surface area (Å²) < 4.78 is 11.2. The molecule has 1 unspecified atom stereocenters. The van der Waals surface area contributed by atoms with Crippen LogP contribution < -0.4 is 0 Å². The van der Waals surface area contributed by atoms with E-state index >= 15 is 0 Å². The number of nitrogens with zero attached hydrogens (tertiary/aromatic N) is 1. The first-order chi connectivity index (χ1) is 7.19. The molecule has 0 N–H and O–H groups in total. The van der Waals surface area contributed by atoms with Crippen LogP contribution in [0.25, 0.3) is 0 Å². The van der Waals surface area contributed by atoms with Gasteiger partial charge in [-0.3, -0.25) is 9.20 Å². The zero-order chi connectivity index (χ0) is 11.3. The minimum absolute atomic E-state index is 0.866. The van der Waals surface area contributed by atoms with Crippen molar-refractivity contribution in [2.45, 2.75) is 24.7 Å². The predicted octanol–water partition coefficient (Wildman–Crippen LogP) is 2.64. The van der Waals surface area contributed by atoms with E-state index in [2.05, 4.69) is 11.9 Å². The first-order valence-electron chi connectivity index (χ1n) is 5.08. The van der Waals surface area contributed by atoms with E-state index in [4.69, 9.17) is 0 Å². The van der Waals surface area contributed by atoms with Gasteiger partial charge in [-0.25, -0.2) is 0 Å². The molecule has 0 radical (unpaired) electrons. The minimum atomic E-state index is -0.896. The van der Waals surface area contributed by atoms with Gasteiger partial charge in [-0.05, 0) is 24.1 Å². The lowest BCUT2D eigenvalue weighted by atomic mass is 10.1. The highest BCUT2D eigenvalue weighted by atomic mass is 32.2. The molecule has 2 nitrogen and oxygen atoms in total. The maximum Gasteiger partial charge on any atom is 0.0498 e. The van der Waals surface area contributed by atoms with Crippen LogP contribution in [0.1, 0.15) is 25.3 Å². The normalized spacial score (nSPS) is 13.9. The van der Waals surface area contributed by atoms with Gasteiger partial charge in [0.25, 0.3) is 0 Å². The lowest BCUT2D eigenvalue weighted by Crippen LogP contribution is -2.00. The van der Waals surface area contributed by atoms with Crippen molar-refractivity contribution in [3.05, 3.63) is 29.8 Å². The van der Waals surface area contributed by atoms with Crippen LogP contribution in [0.5, 0.6) is 0 Å². The van der Waals surface area contributed by atoms with E-state index in [1.807, 2.05) is 31.3 Å². The summed E-state index contributed by atoms with van der Waals surface area (Å²) in [4.78, 5) is 5.13. The average Bonchev–Trinajstić information content (AvgIpc) is 2.26. The largest absolute Gasteiger partial charge is 0.292 e. The molecule has 0 spiro atoms. The fraction of sp³-hybridized carbons (Fsp3) is 0.417. The van der Waals surface area contributed by atoms with E-state index < -0.39 is 10.8 Å². The van der Waals surface area contributed by atoms with Crippen molar-refractivity contribution in [3.63, 3.8) is 0 Å². The smallest absolute Gasteiger partial charge is 0.0498 e. The number of benzene rings is 1. The highest BCUT2D eigenvalue weighted by Gasteiger charge is 2.02. The lowest BCUT2D eigenvalue weighted by Gasteiger charge is -2.05. The van der Waals surface area contributed by atoms with Crippen LogP contribution in [0, 0.1) is 0 Å². The quantitative estimate of drug-likeness (QED) is 0.721. The molecular formula is C12H17NOS. The Kier molecular flexibility index (Phi) is 4.69. The van der Waals surface area contributed by atoms with Crippen molar-refractivity contribution < 1.29 is 4.21 Å². The summed E-state index contributed by atoms with van der Waals surface area (Å²) in [6, 6.07) is 7.81. The molecule has 0 aromatic heterocycles. The molecular weight excluding hydrogens is 206 g/mol. The monoisotopic (exact) mass is 223 g/mol. The van der Waals surface area contributed by atoms with Gasteiger partial charge in [0, 0.05) is 34.7 Å². The lowest BCUT2D eigenvalue weighted by molar-refractivity contribution is 0.687. The third-order valence-electron chi connectivity index (χ3n) is 2.28. The number of hydrogen-bond acceptors (Lipinski definition) is 2. The molecule has 1 rings (SSSR count). The Morgan fingerprint density at radius 1 is 1.33 bits per heavy atom. The molecule has 0 aliphatic rings. The number of hydrogen-bond donors (Lipinski definition) is 0. The SMILES string of the molecule is CCCC(=NC)c1ccc(S(C)=O)cc1. The Morgan fingerprint density at radius 2 is 1.93 bits per heavy atom. The maximum absolute atomic E-state index is 11.2. The molecule has 3 heteroatoms. The molecule has 0 aliphatic carbocycles. The third kappa shape index (κ3) is 3.27. The summed E-state index contributed by atoms with van der Waals surface area (Å²) in [7, 11) is 0.920. The Hall–Kier alpha value is -0.960. The van der Waals surface area contributed by atoms with Crippen LogP contribution in [0.2, 0.25) is 0 Å². The second-order valence-electron chi connectivity index (χ2n) is 3.40. The Morgan fingerprint density at radius 3 is 2.33 bits per heavy atom. The van der Waals surface area contributed by atoms with Gasteiger partial charge in [-0.15, -0.1) is 0 Å². The topological polar surface area (TPSA) is 29.4 Å². The molecule has 0 saturated heterocycles. The minimum Gasteiger partial charge on any atom is -0.292 e. The Bertz CT molecular complexity index is 368. The van der Waals surface area contributed by atoms with Gasteiger partial charge in [0.15, 0.2) is 0 Å². The first kappa shape index (κ1) is 12.1. The zero-order valence-corrected chi connectivity index (χ0v) is 10.3. The molecule has 0 aliphatic heterocycles. The number of rotatable bonds is 4. The zero-order valence-electron chi connectivity index (χ0n) is 9.49. The van der Waals surface area contributed by atoms with Crippen LogP contribution in [0.3, 0.4) is 0 Å². The standard InChI is InChI=1S/C12H17NOS/c1-4-5-12(13-2)10-6-8-11(9-7-10)15(3)14/h6-9H,4-5H2,1-3H3. The summed E-state index contributed by atoms with van der Waals surface area (Å²) >= 11 is 0. The van der Waals surface area contributed by atoms with Crippen molar-refractivity contribution in [1.82, 2.24) is 0 Å². The van der Waals surface area contributed by atoms with E-state index in [9.17, 15) is 4.21 Å². The molecule has 0 fully saturated rings. The number of aliphatic imine (C=N–C) groups is 1. The van der Waals surface area contributed by atoms with Crippen molar-refractivity contribution >= 4 is 16.5 Å². The van der Waals surface area contributed by atoms with Crippen molar-refractivity contribution in [1.29, 1.82) is 0 Å². The maximum atomic E-state index is 11.2. The fourth-order valence-electron chi connectivity index (χ4n) is 1.46. The predicted molar refractivity (Wildman–Crippen MR) is 66.1 cm³/mol. The van der Waals surface area contributed by atoms with Crippen LogP contribution in [-0.4, -0.2) is 23.2 Å². The highest BCUT2D eigenvalue weighted by Crippen LogP contribution is 2.11. The van der Waals surface area contributed by atoms with Crippen molar-refractivity contribution in [2.75, 3.05) is 13.3 Å². The second kappa shape index (κ2) is 5.81. The summed E-state index contributed by atoms with van der Waals surface area (Å²) in [6.45, 7) is 2.14. The van der Waals surface area contributed by atoms with Gasteiger partial charge in [0.05, 0.1) is 0 Å². The summed E-state index contributed by atoms with van der Waals surface area (Å²) in [6.07, 6.45) is 3.77. The molecule has 1 atom stereocenters. The van der Waals surface area contributed by atoms with E-state index in [0.717, 1.165) is 29.0 Å². The molecule has 0 heterocycles. The van der Waals surface area contributed by atoms with Crippen LogP contribution in [0.15, 0.2) is 34.2 Å². The first-order valence-corrected chi connectivity index (χ1v) is 6.64. The summed E-state index contributed by atoms with van der Waals surface area (Å²) in [5, 5.41) is 0. The second-order valence-corrected chi connectivity index (χ2v) is 4.78. The van der Waals surface area contributed by atoms with Gasteiger partial charge >= 0.3 is 0 Å². The Labute approximate surface area is 93.9 Å². The van der Waals surface area contributed by atoms with Gasteiger partial charge in [-0.2, -0.15) is 0 Å². The average molecular weight is 223 g/mol. The van der Waals surface area contributed by atoms with Gasteiger partial charge in [0.1, 0.15) is 0 Å². The third-order valence-corrected chi connectivity index (χ3v) is 3.21. The summed E-state index contributed by atoms with van der Waals surface area (Å²) in [5.74, 6) is 0. The molecule has 1 aromatic rings. The highest BCUT2D eigenvalue weighted by molar-refractivity contribution is 7.84. The molecule has 0 bridgehead atoms. The van der Waals surface area contributed by atoms with Crippen LogP contribution >= 0.6 is 0 Å². The van der Waals surface area contributed by atoms with Crippen molar-refractivity contribution in [2.24, 2.45) is 4.99 Å². The molecule has 0 saturated carbocycles. The molecule has 82 valence electrons. The van der Waals surface area contributed by atoms with E-state index in [1.54, 1.807) is 6.26 Å². The fourth-order valence-corrected chi connectivity index (χ4v) is 1.98. The van der Waals surface area contributed by atoms with E-state index in [0.29, 0.717) is 0 Å². The van der Waals surface area contributed by atoms with Gasteiger partial charge in [-0.1, -0.05) is 25.5 Å².